The van der Waals surface area contributed by atoms with Crippen molar-refractivity contribution in [3.63, 3.8) is 0 Å². The molecule has 0 radical (unpaired) electrons. The van der Waals surface area contributed by atoms with Crippen LogP contribution in [-0.2, 0) is 5.60 Å². The zero-order valence-corrected chi connectivity index (χ0v) is 12.4. The molecule has 7 heteroatoms. The first-order chi connectivity index (χ1) is 11.0. The number of hydrogen-bond acceptors (Lipinski definition) is 5. The number of benzene rings is 2. The lowest BCUT2D eigenvalue weighted by atomic mass is 9.94. The average molecular weight is 314 g/mol. The molecule has 1 aromatic heterocycles. The fourth-order valence-electron chi connectivity index (χ4n) is 2.26. The van der Waals surface area contributed by atoms with E-state index in [1.807, 2.05) is 6.92 Å². The third kappa shape index (κ3) is 2.71. The van der Waals surface area contributed by atoms with Crippen molar-refractivity contribution in [2.45, 2.75) is 12.5 Å². The maximum absolute atomic E-state index is 13.9. The number of aliphatic hydroxyl groups excluding tert-OH is 1. The van der Waals surface area contributed by atoms with Gasteiger partial charge >= 0.3 is 0 Å². The zero-order chi connectivity index (χ0) is 16.4. The van der Waals surface area contributed by atoms with E-state index < -0.39 is 18.0 Å². The second-order valence-corrected chi connectivity index (χ2v) is 5.24. The summed E-state index contributed by atoms with van der Waals surface area (Å²) in [6, 6.07) is 13.0. The highest BCUT2D eigenvalue weighted by Crippen LogP contribution is 2.26. The highest BCUT2D eigenvalue weighted by atomic mass is 19.1. The molecule has 2 N–H and O–H groups in total. The Kier molecular flexibility index (Phi) is 3.89. The minimum Gasteiger partial charge on any atom is -0.393 e. The third-order valence-corrected chi connectivity index (χ3v) is 3.58. The highest BCUT2D eigenvalue weighted by molar-refractivity contribution is 5.35. The molecule has 3 aromatic rings. The van der Waals surface area contributed by atoms with Gasteiger partial charge in [0.25, 0.3) is 0 Å². The predicted molar refractivity (Wildman–Crippen MR) is 80.4 cm³/mol. The van der Waals surface area contributed by atoms with Crippen LogP contribution in [0.15, 0.2) is 48.5 Å². The topological polar surface area (TPSA) is 84.1 Å². The lowest BCUT2D eigenvalue weighted by Crippen LogP contribution is -2.33. The van der Waals surface area contributed by atoms with Crippen molar-refractivity contribution < 1.29 is 14.6 Å². The first-order valence-electron chi connectivity index (χ1n) is 7.00. The number of nitrogens with zero attached hydrogens (tertiary/aromatic N) is 4. The maximum atomic E-state index is 13.9. The van der Waals surface area contributed by atoms with E-state index in [2.05, 4.69) is 15.4 Å². The largest absolute Gasteiger partial charge is 0.393 e. The second kappa shape index (κ2) is 5.86. The average Bonchev–Trinajstić information content (AvgIpc) is 3.07. The van der Waals surface area contributed by atoms with E-state index in [0.717, 1.165) is 10.4 Å². The molecule has 6 nitrogen and oxygen atoms in total. The molecule has 0 saturated heterocycles. The quantitative estimate of drug-likeness (QED) is 0.759. The molecule has 1 atom stereocenters. The smallest absolute Gasteiger partial charge is 0.213 e. The molecule has 0 bridgehead atoms. The number of tetrazole rings is 1. The molecule has 0 aliphatic carbocycles. The van der Waals surface area contributed by atoms with Gasteiger partial charge in [-0.2, -0.15) is 0 Å². The number of hydrogen-bond donors (Lipinski definition) is 2. The molecule has 0 spiro atoms. The van der Waals surface area contributed by atoms with E-state index in [4.69, 9.17) is 0 Å². The molecule has 0 aliphatic rings. The van der Waals surface area contributed by atoms with E-state index in [1.54, 1.807) is 42.5 Å². The maximum Gasteiger partial charge on any atom is 0.213 e. The summed E-state index contributed by atoms with van der Waals surface area (Å²) in [7, 11) is 0. The summed E-state index contributed by atoms with van der Waals surface area (Å²) in [6.45, 7) is 1.19. The standard InChI is InChI=1S/C16H15FN4O2/c1-11-7-8-13(17)14(9-11)21-19-15(18-20-21)16(23,10-22)12-5-3-2-4-6-12/h2-9,22-23H,10H2,1H3. The minimum absolute atomic E-state index is 0.105. The van der Waals surface area contributed by atoms with Crippen LogP contribution in [0.2, 0.25) is 0 Å². The van der Waals surface area contributed by atoms with Crippen LogP contribution >= 0.6 is 0 Å². The molecule has 23 heavy (non-hydrogen) atoms. The van der Waals surface area contributed by atoms with Gasteiger partial charge in [-0.25, -0.2) is 4.39 Å². The zero-order valence-electron chi connectivity index (χ0n) is 12.4. The fourth-order valence-corrected chi connectivity index (χ4v) is 2.26. The summed E-state index contributed by atoms with van der Waals surface area (Å²) in [5, 5.41) is 32.0. The molecule has 2 aromatic carbocycles. The Morgan fingerprint density at radius 2 is 1.91 bits per heavy atom. The Morgan fingerprint density at radius 1 is 1.17 bits per heavy atom. The van der Waals surface area contributed by atoms with Gasteiger partial charge in [0.1, 0.15) is 5.69 Å². The summed E-state index contributed by atoms with van der Waals surface area (Å²) in [4.78, 5) is 1.00. The van der Waals surface area contributed by atoms with Crippen LogP contribution in [0.3, 0.4) is 0 Å². The van der Waals surface area contributed by atoms with Gasteiger partial charge in [0.2, 0.25) is 5.82 Å². The van der Waals surface area contributed by atoms with Crippen LogP contribution in [0, 0.1) is 12.7 Å². The Balaban J connectivity index is 2.05. The number of aliphatic hydroxyl groups is 2. The van der Waals surface area contributed by atoms with Crippen LogP contribution in [-0.4, -0.2) is 37.0 Å². The summed E-state index contributed by atoms with van der Waals surface area (Å²) in [5.74, 6) is -0.612. The van der Waals surface area contributed by atoms with Crippen LogP contribution in [0.5, 0.6) is 0 Å². The van der Waals surface area contributed by atoms with Crippen molar-refractivity contribution >= 4 is 0 Å². The number of aromatic nitrogens is 4. The van der Waals surface area contributed by atoms with E-state index >= 15 is 0 Å². The molecule has 118 valence electrons. The number of rotatable bonds is 4. The highest BCUT2D eigenvalue weighted by Gasteiger charge is 2.36. The molecule has 0 aliphatic heterocycles. The van der Waals surface area contributed by atoms with Crippen molar-refractivity contribution in [3.8, 4) is 5.69 Å². The van der Waals surface area contributed by atoms with Crippen LogP contribution in [0.4, 0.5) is 4.39 Å². The Labute approximate surface area is 131 Å². The van der Waals surface area contributed by atoms with Crippen molar-refractivity contribution in [3.05, 3.63) is 71.3 Å². The summed E-state index contributed by atoms with van der Waals surface area (Å²) in [6.07, 6.45) is 0. The summed E-state index contributed by atoms with van der Waals surface area (Å²) in [5.41, 5.74) is -0.426. The van der Waals surface area contributed by atoms with Gasteiger partial charge < -0.3 is 10.2 Å². The van der Waals surface area contributed by atoms with Crippen LogP contribution < -0.4 is 0 Å². The molecule has 3 rings (SSSR count). The normalized spacial score (nSPS) is 13.7. The Hall–Kier alpha value is -2.64. The molecule has 0 fully saturated rings. The number of aryl methyl sites for hydroxylation is 1. The van der Waals surface area contributed by atoms with Crippen LogP contribution in [0.25, 0.3) is 5.69 Å². The van der Waals surface area contributed by atoms with E-state index in [1.165, 1.54) is 6.07 Å². The van der Waals surface area contributed by atoms with Gasteiger partial charge in [-0.15, -0.1) is 15.0 Å². The lowest BCUT2D eigenvalue weighted by Gasteiger charge is -2.22. The minimum atomic E-state index is -1.81. The van der Waals surface area contributed by atoms with Gasteiger partial charge in [0, 0.05) is 0 Å². The predicted octanol–water partition coefficient (Wildman–Crippen LogP) is 1.34. The van der Waals surface area contributed by atoms with Crippen LogP contribution in [0.1, 0.15) is 17.0 Å². The SMILES string of the molecule is Cc1ccc(F)c(-n2nnc(C(O)(CO)c3ccccc3)n2)c1. The lowest BCUT2D eigenvalue weighted by molar-refractivity contribution is 0.00975. The van der Waals surface area contributed by atoms with Crippen molar-refractivity contribution in [1.82, 2.24) is 20.2 Å². The Morgan fingerprint density at radius 3 is 2.61 bits per heavy atom. The monoisotopic (exact) mass is 314 g/mol. The molecule has 0 amide bonds. The van der Waals surface area contributed by atoms with E-state index in [9.17, 15) is 14.6 Å². The van der Waals surface area contributed by atoms with Gasteiger partial charge in [-0.3, -0.25) is 0 Å². The summed E-state index contributed by atoms with van der Waals surface area (Å²) >= 11 is 0. The molecular weight excluding hydrogens is 299 g/mol. The van der Waals surface area contributed by atoms with Gasteiger partial charge in [0.15, 0.2) is 11.4 Å². The molecule has 1 heterocycles. The second-order valence-electron chi connectivity index (χ2n) is 5.24. The first-order valence-corrected chi connectivity index (χ1v) is 7.00. The molecular formula is C16H15FN4O2. The Bertz CT molecular complexity index is 822. The molecule has 1 unspecified atom stereocenters. The first kappa shape index (κ1) is 15.3. The summed E-state index contributed by atoms with van der Waals surface area (Å²) < 4.78 is 13.9. The van der Waals surface area contributed by atoms with Gasteiger partial charge in [-0.05, 0) is 35.4 Å². The van der Waals surface area contributed by atoms with Gasteiger partial charge in [0.05, 0.1) is 6.61 Å². The van der Waals surface area contributed by atoms with Gasteiger partial charge in [-0.1, -0.05) is 36.4 Å². The van der Waals surface area contributed by atoms with Crippen molar-refractivity contribution in [2.75, 3.05) is 6.61 Å². The van der Waals surface area contributed by atoms with Crippen molar-refractivity contribution in [1.29, 1.82) is 0 Å². The van der Waals surface area contributed by atoms with Crippen molar-refractivity contribution in [2.24, 2.45) is 0 Å². The fraction of sp³-hybridized carbons (Fsp3) is 0.188. The molecule has 0 saturated carbocycles. The number of halogens is 1. The van der Waals surface area contributed by atoms with E-state index in [0.29, 0.717) is 5.56 Å². The third-order valence-electron chi connectivity index (χ3n) is 3.58. The van der Waals surface area contributed by atoms with E-state index in [-0.39, 0.29) is 11.5 Å².